The van der Waals surface area contributed by atoms with Gasteiger partial charge < -0.3 is 19.4 Å². The van der Waals surface area contributed by atoms with Crippen molar-refractivity contribution < 1.29 is 4.79 Å². The molecule has 1 saturated carbocycles. The van der Waals surface area contributed by atoms with E-state index in [2.05, 4.69) is 19.4 Å². The zero-order valence-electron chi connectivity index (χ0n) is 12.6. The summed E-state index contributed by atoms with van der Waals surface area (Å²) in [5.41, 5.74) is 2.22. The van der Waals surface area contributed by atoms with Crippen LogP contribution >= 0.6 is 0 Å². The number of nitrogens with zero attached hydrogens (tertiary/aromatic N) is 4. The van der Waals surface area contributed by atoms with E-state index in [0.29, 0.717) is 12.6 Å². The van der Waals surface area contributed by atoms with Gasteiger partial charge in [0.1, 0.15) is 0 Å². The third kappa shape index (κ3) is 2.73. The predicted molar refractivity (Wildman–Crippen MR) is 82.3 cm³/mol. The molecule has 1 aliphatic heterocycles. The quantitative estimate of drug-likeness (QED) is 0.940. The summed E-state index contributed by atoms with van der Waals surface area (Å²) in [6.07, 6.45) is 9.22. The third-order valence-electron chi connectivity index (χ3n) is 4.39. The smallest absolute Gasteiger partial charge is 0.317 e. The highest BCUT2D eigenvalue weighted by Crippen LogP contribution is 2.21. The number of hydrogen-bond acceptors (Lipinski definition) is 2. The molecule has 116 valence electrons. The van der Waals surface area contributed by atoms with E-state index in [1.807, 2.05) is 35.8 Å². The standard InChI is InChI=1S/C16H21N5O/c22-16(18-13-4-5-13)20-8-3-9-21-12-17-14(15(21)11-20)10-19-6-1-2-7-19/h1-2,6-7,12-13H,3-5,8-11H2,(H,18,22). The van der Waals surface area contributed by atoms with E-state index in [0.717, 1.165) is 50.3 Å². The van der Waals surface area contributed by atoms with E-state index in [1.165, 1.54) is 0 Å². The lowest BCUT2D eigenvalue weighted by Gasteiger charge is -2.21. The Morgan fingerprint density at radius 2 is 2.09 bits per heavy atom. The second kappa shape index (κ2) is 5.51. The number of rotatable bonds is 3. The van der Waals surface area contributed by atoms with Gasteiger partial charge in [0.25, 0.3) is 0 Å². The van der Waals surface area contributed by atoms with Crippen molar-refractivity contribution in [2.24, 2.45) is 0 Å². The number of imidazole rings is 1. The summed E-state index contributed by atoms with van der Waals surface area (Å²) >= 11 is 0. The van der Waals surface area contributed by atoms with Crippen molar-refractivity contribution in [1.29, 1.82) is 0 Å². The molecule has 4 rings (SSSR count). The molecule has 22 heavy (non-hydrogen) atoms. The van der Waals surface area contributed by atoms with Gasteiger partial charge in [0.15, 0.2) is 0 Å². The second-order valence-electron chi connectivity index (χ2n) is 6.19. The zero-order valence-corrected chi connectivity index (χ0v) is 12.6. The maximum Gasteiger partial charge on any atom is 0.317 e. The summed E-state index contributed by atoms with van der Waals surface area (Å²) in [6, 6.07) is 4.51. The molecule has 3 heterocycles. The van der Waals surface area contributed by atoms with Crippen LogP contribution in [0.5, 0.6) is 0 Å². The van der Waals surface area contributed by atoms with E-state index >= 15 is 0 Å². The van der Waals surface area contributed by atoms with Crippen LogP contribution in [-0.4, -0.2) is 37.6 Å². The molecular formula is C16H21N5O. The van der Waals surface area contributed by atoms with Crippen LogP contribution in [0.3, 0.4) is 0 Å². The molecule has 2 aromatic heterocycles. The number of carbonyl (C=O) groups is 1. The lowest BCUT2D eigenvalue weighted by molar-refractivity contribution is 0.195. The van der Waals surface area contributed by atoms with Crippen LogP contribution < -0.4 is 5.32 Å². The summed E-state index contributed by atoms with van der Waals surface area (Å²) in [4.78, 5) is 18.8. The van der Waals surface area contributed by atoms with Gasteiger partial charge in [-0.05, 0) is 31.4 Å². The highest BCUT2D eigenvalue weighted by molar-refractivity contribution is 5.74. The second-order valence-corrected chi connectivity index (χ2v) is 6.19. The molecule has 2 aromatic rings. The fourth-order valence-electron chi connectivity index (χ4n) is 2.96. The number of hydrogen-bond donors (Lipinski definition) is 1. The van der Waals surface area contributed by atoms with Crippen LogP contribution in [0, 0.1) is 0 Å². The number of aromatic nitrogens is 3. The van der Waals surface area contributed by atoms with Crippen LogP contribution in [0.2, 0.25) is 0 Å². The molecule has 0 bridgehead atoms. The normalized spacial score (nSPS) is 17.9. The fourth-order valence-corrected chi connectivity index (χ4v) is 2.96. The molecule has 1 fully saturated rings. The minimum Gasteiger partial charge on any atom is -0.348 e. The maximum absolute atomic E-state index is 12.3. The van der Waals surface area contributed by atoms with Crippen molar-refractivity contribution in [2.75, 3.05) is 6.54 Å². The molecule has 0 spiro atoms. The Balaban J connectivity index is 1.53. The zero-order chi connectivity index (χ0) is 14.9. The number of amides is 2. The Labute approximate surface area is 129 Å². The van der Waals surface area contributed by atoms with E-state index in [4.69, 9.17) is 0 Å². The average molecular weight is 299 g/mol. The molecule has 2 amide bonds. The van der Waals surface area contributed by atoms with Gasteiger partial charge in [-0.3, -0.25) is 0 Å². The summed E-state index contributed by atoms with van der Waals surface area (Å²) in [5, 5.41) is 3.09. The molecule has 1 aliphatic carbocycles. The first-order valence-corrected chi connectivity index (χ1v) is 7.98. The van der Waals surface area contributed by atoms with Crippen molar-refractivity contribution in [3.8, 4) is 0 Å². The van der Waals surface area contributed by atoms with Crippen LogP contribution in [0.15, 0.2) is 30.9 Å². The van der Waals surface area contributed by atoms with Crippen LogP contribution in [0.25, 0.3) is 0 Å². The van der Waals surface area contributed by atoms with Crippen LogP contribution in [0.4, 0.5) is 4.79 Å². The van der Waals surface area contributed by atoms with Gasteiger partial charge in [0.2, 0.25) is 0 Å². The van der Waals surface area contributed by atoms with Crippen LogP contribution in [-0.2, 0) is 19.6 Å². The van der Waals surface area contributed by atoms with E-state index in [9.17, 15) is 4.79 Å². The SMILES string of the molecule is O=C(NC1CC1)N1CCCn2cnc(Cn3cccc3)c2C1. The molecule has 0 radical (unpaired) electrons. The highest BCUT2D eigenvalue weighted by atomic mass is 16.2. The lowest BCUT2D eigenvalue weighted by atomic mass is 10.3. The third-order valence-corrected chi connectivity index (χ3v) is 4.39. The van der Waals surface area contributed by atoms with Crippen molar-refractivity contribution in [3.05, 3.63) is 42.2 Å². The molecule has 0 saturated heterocycles. The molecule has 1 N–H and O–H groups in total. The first-order valence-electron chi connectivity index (χ1n) is 7.98. The summed E-state index contributed by atoms with van der Waals surface area (Å²) < 4.78 is 4.31. The lowest BCUT2D eigenvalue weighted by Crippen LogP contribution is -2.40. The van der Waals surface area contributed by atoms with Crippen molar-refractivity contribution in [2.45, 2.75) is 44.9 Å². The Morgan fingerprint density at radius 1 is 1.27 bits per heavy atom. The van der Waals surface area contributed by atoms with Gasteiger partial charge in [-0.2, -0.15) is 0 Å². The van der Waals surface area contributed by atoms with Crippen molar-refractivity contribution >= 4 is 6.03 Å². The first kappa shape index (κ1) is 13.4. The Bertz CT molecular complexity index is 656. The molecule has 6 nitrogen and oxygen atoms in total. The molecule has 0 atom stereocenters. The Hall–Kier alpha value is -2.24. The van der Waals surface area contributed by atoms with E-state index < -0.39 is 0 Å². The molecule has 6 heteroatoms. The number of nitrogens with one attached hydrogen (secondary N) is 1. The highest BCUT2D eigenvalue weighted by Gasteiger charge is 2.28. The molecule has 0 aromatic carbocycles. The molecule has 0 unspecified atom stereocenters. The maximum atomic E-state index is 12.3. The largest absolute Gasteiger partial charge is 0.348 e. The van der Waals surface area contributed by atoms with Gasteiger partial charge >= 0.3 is 6.03 Å². The number of fused-ring (bicyclic) bond motifs is 1. The summed E-state index contributed by atoms with van der Waals surface area (Å²) in [6.45, 7) is 3.15. The van der Waals surface area contributed by atoms with Crippen molar-refractivity contribution in [3.63, 3.8) is 0 Å². The summed E-state index contributed by atoms with van der Waals surface area (Å²) in [5.74, 6) is 0. The van der Waals surface area contributed by atoms with Gasteiger partial charge in [-0.1, -0.05) is 0 Å². The molecule has 2 aliphatic rings. The number of urea groups is 1. The summed E-state index contributed by atoms with van der Waals surface area (Å²) in [7, 11) is 0. The molecular weight excluding hydrogens is 278 g/mol. The minimum absolute atomic E-state index is 0.0732. The topological polar surface area (TPSA) is 55.1 Å². The van der Waals surface area contributed by atoms with Gasteiger partial charge in [-0.25, -0.2) is 9.78 Å². The van der Waals surface area contributed by atoms with Gasteiger partial charge in [0.05, 0.1) is 30.8 Å². The van der Waals surface area contributed by atoms with Gasteiger partial charge in [0, 0.05) is 31.5 Å². The van der Waals surface area contributed by atoms with Crippen molar-refractivity contribution in [1.82, 2.24) is 24.3 Å². The van der Waals surface area contributed by atoms with Gasteiger partial charge in [-0.15, -0.1) is 0 Å². The van der Waals surface area contributed by atoms with E-state index in [-0.39, 0.29) is 6.03 Å². The average Bonchev–Trinajstić information content (AvgIpc) is 3.11. The number of carbonyl (C=O) groups excluding carboxylic acids is 1. The predicted octanol–water partition coefficient (Wildman–Crippen LogP) is 1.81. The van der Waals surface area contributed by atoms with Crippen LogP contribution in [0.1, 0.15) is 30.7 Å². The number of aryl methyl sites for hydroxylation is 1. The Kier molecular flexibility index (Phi) is 3.36. The Morgan fingerprint density at radius 3 is 2.86 bits per heavy atom. The van der Waals surface area contributed by atoms with E-state index in [1.54, 1.807) is 0 Å². The monoisotopic (exact) mass is 299 g/mol. The minimum atomic E-state index is 0.0732. The first-order chi connectivity index (χ1) is 10.8. The fraction of sp³-hybridized carbons (Fsp3) is 0.500.